The maximum Gasteiger partial charge on any atom is 0.338 e. The normalized spacial score (nSPS) is 18.1. The molecule has 2 heterocycles. The second-order valence-corrected chi connectivity index (χ2v) is 8.74. The first-order valence-corrected chi connectivity index (χ1v) is 11.5. The van der Waals surface area contributed by atoms with Crippen LogP contribution in [0.15, 0.2) is 47.6 Å². The first-order chi connectivity index (χ1) is 15.5. The van der Waals surface area contributed by atoms with Gasteiger partial charge in [-0.3, -0.25) is 9.59 Å². The lowest BCUT2D eigenvalue weighted by Gasteiger charge is -2.37. The van der Waals surface area contributed by atoms with Crippen molar-refractivity contribution in [3.05, 3.63) is 58.7 Å². The number of rotatable bonds is 9. The van der Waals surface area contributed by atoms with E-state index in [1.165, 1.54) is 5.57 Å². The molecule has 1 spiro atoms. The largest absolute Gasteiger partial charge is 0.462 e. The second kappa shape index (κ2) is 11.2. The van der Waals surface area contributed by atoms with Crippen LogP contribution in [0, 0.1) is 5.41 Å². The van der Waals surface area contributed by atoms with Crippen LogP contribution in [-0.4, -0.2) is 44.5 Å². The van der Waals surface area contributed by atoms with E-state index >= 15 is 0 Å². The molecule has 0 aliphatic carbocycles. The van der Waals surface area contributed by atoms with E-state index in [9.17, 15) is 14.4 Å². The molecule has 0 radical (unpaired) electrons. The highest BCUT2D eigenvalue weighted by Gasteiger charge is 2.37. The third-order valence-electron chi connectivity index (χ3n) is 6.52. The third-order valence-corrected chi connectivity index (χ3v) is 6.52. The Morgan fingerprint density at radius 3 is 2.59 bits per heavy atom. The van der Waals surface area contributed by atoms with Gasteiger partial charge in [0.15, 0.2) is 0 Å². The Morgan fingerprint density at radius 2 is 1.94 bits per heavy atom. The van der Waals surface area contributed by atoms with Crippen LogP contribution in [-0.2, 0) is 14.3 Å². The summed E-state index contributed by atoms with van der Waals surface area (Å²) in [6, 6.07) is 6.39. The van der Waals surface area contributed by atoms with Crippen molar-refractivity contribution in [2.75, 3.05) is 26.4 Å². The lowest BCUT2D eigenvalue weighted by Crippen LogP contribution is -2.39. The quantitative estimate of drug-likeness (QED) is 0.350. The predicted molar refractivity (Wildman–Crippen MR) is 123 cm³/mol. The summed E-state index contributed by atoms with van der Waals surface area (Å²) in [6.45, 7) is 8.64. The summed E-state index contributed by atoms with van der Waals surface area (Å²) in [5.74, 6) is -0.405. The van der Waals surface area contributed by atoms with Crippen LogP contribution >= 0.6 is 0 Å². The number of carbonyl (C=O) groups is 3. The molecule has 6 nitrogen and oxygen atoms in total. The highest BCUT2D eigenvalue weighted by Crippen LogP contribution is 2.41. The minimum absolute atomic E-state index is 0.0135. The topological polar surface area (TPSA) is 81.7 Å². The molecule has 0 bridgehead atoms. The molecule has 0 aromatic heterocycles. The van der Waals surface area contributed by atoms with E-state index in [1.807, 2.05) is 6.92 Å². The number of hydrogen-bond acceptors (Lipinski definition) is 5. The monoisotopic (exact) mass is 439 g/mol. The first-order valence-electron chi connectivity index (χ1n) is 11.5. The minimum Gasteiger partial charge on any atom is -0.462 e. The highest BCUT2D eigenvalue weighted by atomic mass is 16.5. The van der Waals surface area contributed by atoms with Gasteiger partial charge in [0.25, 0.3) is 5.91 Å². The molecule has 2 aliphatic heterocycles. The Morgan fingerprint density at radius 1 is 1.22 bits per heavy atom. The zero-order chi connectivity index (χ0) is 23.0. The maximum atomic E-state index is 12.9. The molecule has 2 aliphatic rings. The lowest BCUT2D eigenvalue weighted by molar-refractivity contribution is -0.117. The predicted octanol–water partition coefficient (Wildman–Crippen LogP) is 4.41. The van der Waals surface area contributed by atoms with Gasteiger partial charge >= 0.3 is 5.97 Å². The van der Waals surface area contributed by atoms with Crippen molar-refractivity contribution in [2.45, 2.75) is 51.9 Å². The van der Waals surface area contributed by atoms with E-state index < -0.39 is 5.97 Å². The Hall–Kier alpha value is -2.73. The van der Waals surface area contributed by atoms with Crippen molar-refractivity contribution < 1.29 is 23.9 Å². The number of esters is 1. The molecule has 1 N–H and O–H groups in total. The summed E-state index contributed by atoms with van der Waals surface area (Å²) in [6.07, 6.45) is 6.58. The zero-order valence-corrected chi connectivity index (χ0v) is 18.9. The van der Waals surface area contributed by atoms with Gasteiger partial charge < -0.3 is 14.8 Å². The molecule has 1 aromatic carbocycles. The Bertz CT molecular complexity index is 878. The van der Waals surface area contributed by atoms with Crippen LogP contribution in [0.2, 0.25) is 0 Å². The zero-order valence-electron chi connectivity index (χ0n) is 18.9. The van der Waals surface area contributed by atoms with Gasteiger partial charge in [0, 0.05) is 30.9 Å². The lowest BCUT2D eigenvalue weighted by atomic mass is 9.74. The van der Waals surface area contributed by atoms with Crippen LogP contribution in [0.1, 0.15) is 72.6 Å². The van der Waals surface area contributed by atoms with Crippen LogP contribution in [0.3, 0.4) is 0 Å². The number of ether oxygens (including phenoxy) is 2. The molecular weight excluding hydrogens is 406 g/mol. The van der Waals surface area contributed by atoms with Gasteiger partial charge in [-0.05, 0) is 68.1 Å². The Balaban J connectivity index is 1.59. The van der Waals surface area contributed by atoms with Gasteiger partial charge in [-0.1, -0.05) is 31.2 Å². The SMILES string of the molecule is C=C(CC)C1=C(CCCCOC(=O)c2ccc(C=O)cc2)CC2(CCOCC2)CNC1=O. The van der Waals surface area contributed by atoms with Crippen LogP contribution in [0.4, 0.5) is 0 Å². The number of amides is 1. The van der Waals surface area contributed by atoms with Gasteiger partial charge in [0.1, 0.15) is 6.29 Å². The van der Waals surface area contributed by atoms with Gasteiger partial charge in [-0.25, -0.2) is 4.79 Å². The van der Waals surface area contributed by atoms with E-state index in [0.29, 0.717) is 30.7 Å². The molecule has 0 unspecified atom stereocenters. The Labute approximate surface area is 190 Å². The first kappa shape index (κ1) is 23.9. The number of unbranched alkanes of at least 4 members (excludes halogenated alkanes) is 1. The fourth-order valence-corrected chi connectivity index (χ4v) is 4.47. The molecule has 6 heteroatoms. The molecule has 1 fully saturated rings. The van der Waals surface area contributed by atoms with Crippen molar-refractivity contribution in [3.63, 3.8) is 0 Å². The summed E-state index contributed by atoms with van der Waals surface area (Å²) in [5, 5.41) is 3.14. The van der Waals surface area contributed by atoms with Gasteiger partial charge in [-0.15, -0.1) is 0 Å². The average Bonchev–Trinajstić information content (AvgIpc) is 2.95. The smallest absolute Gasteiger partial charge is 0.338 e. The van der Waals surface area contributed by atoms with E-state index in [4.69, 9.17) is 9.47 Å². The fourth-order valence-electron chi connectivity index (χ4n) is 4.47. The van der Waals surface area contributed by atoms with Gasteiger partial charge in [0.2, 0.25) is 0 Å². The summed E-state index contributed by atoms with van der Waals surface area (Å²) < 4.78 is 11.0. The van der Waals surface area contributed by atoms with Crippen molar-refractivity contribution in [1.29, 1.82) is 0 Å². The van der Waals surface area contributed by atoms with Crippen LogP contribution in [0.5, 0.6) is 0 Å². The van der Waals surface area contributed by atoms with Crippen molar-refractivity contribution in [1.82, 2.24) is 5.32 Å². The number of aldehydes is 1. The second-order valence-electron chi connectivity index (χ2n) is 8.74. The van der Waals surface area contributed by atoms with Gasteiger partial charge in [-0.2, -0.15) is 0 Å². The summed E-state index contributed by atoms with van der Waals surface area (Å²) in [5.41, 5.74) is 3.83. The number of allylic oxidation sites excluding steroid dienone is 1. The van der Waals surface area contributed by atoms with E-state index in [0.717, 1.165) is 69.2 Å². The molecule has 172 valence electrons. The molecule has 1 aromatic rings. The van der Waals surface area contributed by atoms with Crippen molar-refractivity contribution in [2.24, 2.45) is 5.41 Å². The molecule has 0 saturated carbocycles. The molecular formula is C26H33NO5. The summed E-state index contributed by atoms with van der Waals surface area (Å²) in [4.78, 5) is 35.8. The third kappa shape index (κ3) is 5.94. The van der Waals surface area contributed by atoms with Crippen LogP contribution in [0.25, 0.3) is 0 Å². The van der Waals surface area contributed by atoms with Crippen molar-refractivity contribution in [3.8, 4) is 0 Å². The van der Waals surface area contributed by atoms with E-state index in [2.05, 4.69) is 11.9 Å². The molecule has 0 atom stereocenters. The highest BCUT2D eigenvalue weighted by molar-refractivity contribution is 5.98. The van der Waals surface area contributed by atoms with Gasteiger partial charge in [0.05, 0.1) is 12.2 Å². The fraction of sp³-hybridized carbons (Fsp3) is 0.500. The summed E-state index contributed by atoms with van der Waals surface area (Å²) in [7, 11) is 0. The van der Waals surface area contributed by atoms with Crippen molar-refractivity contribution >= 4 is 18.2 Å². The van der Waals surface area contributed by atoms with E-state index in [-0.39, 0.29) is 11.3 Å². The van der Waals surface area contributed by atoms with E-state index in [1.54, 1.807) is 24.3 Å². The summed E-state index contributed by atoms with van der Waals surface area (Å²) >= 11 is 0. The molecule has 3 rings (SSSR count). The number of nitrogens with one attached hydrogen (secondary N) is 1. The number of benzene rings is 1. The number of hydrogen-bond donors (Lipinski definition) is 1. The average molecular weight is 440 g/mol. The Kier molecular flexibility index (Phi) is 8.39. The molecule has 1 saturated heterocycles. The van der Waals surface area contributed by atoms with Crippen LogP contribution < -0.4 is 5.32 Å². The molecule has 32 heavy (non-hydrogen) atoms. The number of carbonyl (C=O) groups excluding carboxylic acids is 3. The molecule has 1 amide bonds. The maximum absolute atomic E-state index is 12.9. The standard InChI is InChI=1S/C26H33NO5/c1-3-19(2)23-22(16-26(18-27-24(23)29)11-14-31-15-12-26)6-4-5-13-32-25(30)21-9-7-20(17-28)8-10-21/h7-10,17H,2-6,11-16,18H2,1H3,(H,27,29). The minimum atomic E-state index is -0.392.